The molecule has 1 aliphatic rings. The molecular weight excluding hydrogens is 384 g/mol. The SMILES string of the molecule is CC[C@@H](c1nnnn1Cc1ccc(OC)cc1)N1CCN(C(=O)c2ccco2)CC1. The van der Waals surface area contributed by atoms with E-state index in [9.17, 15) is 4.79 Å². The third kappa shape index (κ3) is 4.20. The number of rotatable bonds is 7. The van der Waals surface area contributed by atoms with Crippen molar-refractivity contribution in [3.8, 4) is 5.75 Å². The second-order valence-electron chi connectivity index (χ2n) is 7.27. The van der Waals surface area contributed by atoms with Crippen LogP contribution in [0.25, 0.3) is 0 Å². The Balaban J connectivity index is 1.42. The summed E-state index contributed by atoms with van der Waals surface area (Å²) in [5.74, 6) is 2.00. The van der Waals surface area contributed by atoms with E-state index >= 15 is 0 Å². The predicted molar refractivity (Wildman–Crippen MR) is 109 cm³/mol. The monoisotopic (exact) mass is 410 g/mol. The van der Waals surface area contributed by atoms with Crippen molar-refractivity contribution >= 4 is 5.91 Å². The Morgan fingerprint density at radius 2 is 1.93 bits per heavy atom. The van der Waals surface area contributed by atoms with Crippen molar-refractivity contribution < 1.29 is 13.9 Å². The summed E-state index contributed by atoms with van der Waals surface area (Å²) in [6.45, 7) is 5.56. The molecule has 3 aromatic rings. The van der Waals surface area contributed by atoms with Crippen molar-refractivity contribution in [1.29, 1.82) is 0 Å². The first-order valence-electron chi connectivity index (χ1n) is 10.2. The number of methoxy groups -OCH3 is 1. The molecule has 9 heteroatoms. The summed E-state index contributed by atoms with van der Waals surface area (Å²) in [5, 5.41) is 12.5. The van der Waals surface area contributed by atoms with Crippen molar-refractivity contribution in [2.45, 2.75) is 25.9 Å². The summed E-state index contributed by atoms with van der Waals surface area (Å²) in [5.41, 5.74) is 1.10. The lowest BCUT2D eigenvalue weighted by atomic mass is 10.1. The zero-order chi connectivity index (χ0) is 20.9. The smallest absolute Gasteiger partial charge is 0.289 e. The maximum absolute atomic E-state index is 12.5. The molecule has 3 heterocycles. The van der Waals surface area contributed by atoms with Crippen LogP contribution in [0.2, 0.25) is 0 Å². The molecule has 0 aliphatic carbocycles. The molecule has 1 atom stereocenters. The molecule has 1 amide bonds. The molecule has 4 rings (SSSR count). The molecule has 1 aliphatic heterocycles. The largest absolute Gasteiger partial charge is 0.497 e. The van der Waals surface area contributed by atoms with Gasteiger partial charge in [0.15, 0.2) is 11.6 Å². The Labute approximate surface area is 175 Å². The number of piperazine rings is 1. The zero-order valence-electron chi connectivity index (χ0n) is 17.3. The first kappa shape index (κ1) is 20.1. The normalized spacial score (nSPS) is 15.9. The van der Waals surface area contributed by atoms with E-state index in [0.29, 0.717) is 25.4 Å². The molecule has 158 valence electrons. The number of benzene rings is 1. The van der Waals surface area contributed by atoms with Gasteiger partial charge in [-0.1, -0.05) is 19.1 Å². The Kier molecular flexibility index (Phi) is 6.08. The van der Waals surface area contributed by atoms with Crippen LogP contribution in [0.5, 0.6) is 5.75 Å². The molecule has 1 saturated heterocycles. The topological polar surface area (TPSA) is 89.5 Å². The Morgan fingerprint density at radius 1 is 1.17 bits per heavy atom. The van der Waals surface area contributed by atoms with E-state index in [1.807, 2.05) is 33.8 Å². The third-order valence-corrected chi connectivity index (χ3v) is 5.51. The molecule has 1 aromatic carbocycles. The Bertz CT molecular complexity index is 946. The highest BCUT2D eigenvalue weighted by molar-refractivity contribution is 5.91. The summed E-state index contributed by atoms with van der Waals surface area (Å²) in [6, 6.07) is 11.4. The Morgan fingerprint density at radius 3 is 2.57 bits per heavy atom. The maximum Gasteiger partial charge on any atom is 0.289 e. The van der Waals surface area contributed by atoms with Gasteiger partial charge in [-0.3, -0.25) is 9.69 Å². The van der Waals surface area contributed by atoms with E-state index in [4.69, 9.17) is 9.15 Å². The summed E-state index contributed by atoms with van der Waals surface area (Å²) >= 11 is 0. The van der Waals surface area contributed by atoms with Gasteiger partial charge < -0.3 is 14.1 Å². The first-order valence-corrected chi connectivity index (χ1v) is 10.2. The van der Waals surface area contributed by atoms with Gasteiger partial charge in [0.25, 0.3) is 5.91 Å². The number of amides is 1. The van der Waals surface area contributed by atoms with Crippen LogP contribution in [0.15, 0.2) is 47.1 Å². The number of tetrazole rings is 1. The number of carbonyl (C=O) groups excluding carboxylic acids is 1. The highest BCUT2D eigenvalue weighted by Gasteiger charge is 2.30. The Hall–Kier alpha value is -3.20. The highest BCUT2D eigenvalue weighted by atomic mass is 16.5. The molecule has 9 nitrogen and oxygen atoms in total. The van der Waals surface area contributed by atoms with E-state index in [1.165, 1.54) is 6.26 Å². The summed E-state index contributed by atoms with van der Waals surface area (Å²) in [7, 11) is 1.65. The molecule has 0 spiro atoms. The van der Waals surface area contributed by atoms with Crippen LogP contribution in [0.1, 0.15) is 41.3 Å². The summed E-state index contributed by atoms with van der Waals surface area (Å²) in [6.07, 6.45) is 2.41. The molecule has 0 radical (unpaired) electrons. The van der Waals surface area contributed by atoms with Crippen molar-refractivity contribution in [2.24, 2.45) is 0 Å². The molecule has 0 saturated carbocycles. The van der Waals surface area contributed by atoms with Gasteiger partial charge in [0.05, 0.1) is 26.0 Å². The lowest BCUT2D eigenvalue weighted by Gasteiger charge is -2.38. The van der Waals surface area contributed by atoms with Crippen molar-refractivity contribution in [3.05, 3.63) is 59.8 Å². The van der Waals surface area contributed by atoms with Crippen molar-refractivity contribution in [1.82, 2.24) is 30.0 Å². The molecule has 1 fully saturated rings. The third-order valence-electron chi connectivity index (χ3n) is 5.51. The lowest BCUT2D eigenvalue weighted by Crippen LogP contribution is -2.50. The minimum Gasteiger partial charge on any atom is -0.497 e. The van der Waals surface area contributed by atoms with Crippen LogP contribution in [-0.2, 0) is 6.54 Å². The van der Waals surface area contributed by atoms with E-state index < -0.39 is 0 Å². The summed E-state index contributed by atoms with van der Waals surface area (Å²) < 4.78 is 12.3. The molecule has 0 bridgehead atoms. The van der Waals surface area contributed by atoms with E-state index in [0.717, 1.165) is 36.6 Å². The quantitative estimate of drug-likeness (QED) is 0.590. The van der Waals surface area contributed by atoms with Gasteiger partial charge in [0.2, 0.25) is 0 Å². The van der Waals surface area contributed by atoms with Gasteiger partial charge in [0, 0.05) is 26.2 Å². The van der Waals surface area contributed by atoms with Crippen LogP contribution in [0, 0.1) is 0 Å². The average molecular weight is 410 g/mol. The van der Waals surface area contributed by atoms with E-state index in [-0.39, 0.29) is 11.9 Å². The lowest BCUT2D eigenvalue weighted by molar-refractivity contribution is 0.0521. The molecule has 0 N–H and O–H groups in total. The second-order valence-corrected chi connectivity index (χ2v) is 7.27. The fraction of sp³-hybridized carbons (Fsp3) is 0.429. The van der Waals surface area contributed by atoms with Gasteiger partial charge in [0.1, 0.15) is 5.75 Å². The number of hydrogen-bond donors (Lipinski definition) is 0. The van der Waals surface area contributed by atoms with Gasteiger partial charge in [-0.25, -0.2) is 4.68 Å². The minimum absolute atomic E-state index is 0.0583. The standard InChI is InChI=1S/C21H26N6O3/c1-3-18(25-10-12-26(13-11-25)21(28)19-5-4-14-30-19)20-22-23-24-27(20)15-16-6-8-17(29-2)9-7-16/h4-9,14,18H,3,10-13,15H2,1-2H3/t18-/m0/s1. The molecule has 0 unspecified atom stereocenters. The van der Waals surface area contributed by atoms with Crippen molar-refractivity contribution in [3.63, 3.8) is 0 Å². The number of ether oxygens (including phenoxy) is 1. The van der Waals surface area contributed by atoms with Crippen LogP contribution in [0.3, 0.4) is 0 Å². The second kappa shape index (κ2) is 9.08. The van der Waals surface area contributed by atoms with Crippen LogP contribution in [0.4, 0.5) is 0 Å². The van der Waals surface area contributed by atoms with Gasteiger partial charge in [-0.05, 0) is 46.7 Å². The maximum atomic E-state index is 12.5. The predicted octanol–water partition coefficient (Wildman–Crippen LogP) is 2.23. The number of aromatic nitrogens is 4. The van der Waals surface area contributed by atoms with E-state index in [2.05, 4.69) is 27.3 Å². The fourth-order valence-electron chi connectivity index (χ4n) is 3.86. The van der Waals surface area contributed by atoms with Crippen LogP contribution in [-0.4, -0.2) is 69.2 Å². The van der Waals surface area contributed by atoms with E-state index in [1.54, 1.807) is 19.2 Å². The van der Waals surface area contributed by atoms with Crippen LogP contribution >= 0.6 is 0 Å². The van der Waals surface area contributed by atoms with Gasteiger partial charge >= 0.3 is 0 Å². The minimum atomic E-state index is -0.0583. The molecule has 2 aromatic heterocycles. The van der Waals surface area contributed by atoms with Crippen LogP contribution < -0.4 is 4.74 Å². The van der Waals surface area contributed by atoms with Crippen molar-refractivity contribution in [2.75, 3.05) is 33.3 Å². The summed E-state index contributed by atoms with van der Waals surface area (Å²) in [4.78, 5) is 16.7. The molecular formula is C21H26N6O3. The van der Waals surface area contributed by atoms with Gasteiger partial charge in [-0.2, -0.15) is 0 Å². The van der Waals surface area contributed by atoms with Gasteiger partial charge in [-0.15, -0.1) is 5.10 Å². The first-order chi connectivity index (χ1) is 14.7. The number of nitrogens with zero attached hydrogens (tertiary/aromatic N) is 6. The average Bonchev–Trinajstić information content (AvgIpc) is 3.48. The number of carbonyl (C=O) groups is 1. The zero-order valence-corrected chi connectivity index (χ0v) is 17.3. The fourth-order valence-corrected chi connectivity index (χ4v) is 3.86. The molecule has 30 heavy (non-hydrogen) atoms. The number of hydrogen-bond acceptors (Lipinski definition) is 7. The highest BCUT2D eigenvalue weighted by Crippen LogP contribution is 2.24. The number of furan rings is 1.